The van der Waals surface area contributed by atoms with Crippen molar-refractivity contribution in [3.8, 4) is 0 Å². The Balaban J connectivity index is 2.43. The van der Waals surface area contributed by atoms with Gasteiger partial charge < -0.3 is 5.73 Å². The van der Waals surface area contributed by atoms with Crippen molar-refractivity contribution in [2.45, 2.75) is 25.8 Å². The number of hydrogen-bond acceptors (Lipinski definition) is 4. The number of aryl methyl sites for hydroxylation is 1. The van der Waals surface area contributed by atoms with Gasteiger partial charge in [-0.25, -0.2) is 4.98 Å². The van der Waals surface area contributed by atoms with Gasteiger partial charge in [-0.1, -0.05) is 0 Å². The number of carbonyl (C=O) groups excluding carboxylic acids is 1. The molecule has 0 atom stereocenters. The van der Waals surface area contributed by atoms with E-state index in [0.29, 0.717) is 13.0 Å². The van der Waals surface area contributed by atoms with Crippen molar-refractivity contribution in [2.75, 3.05) is 0 Å². The van der Waals surface area contributed by atoms with Crippen molar-refractivity contribution in [1.29, 1.82) is 0 Å². The van der Waals surface area contributed by atoms with Crippen LogP contribution >= 0.6 is 11.3 Å². The second-order valence-corrected chi connectivity index (χ2v) is 3.95. The molecule has 1 aliphatic rings. The number of nitrogens with two attached hydrogens (primary N) is 1. The maximum Gasteiger partial charge on any atom is 0.174 e. The summed E-state index contributed by atoms with van der Waals surface area (Å²) < 4.78 is 0. The van der Waals surface area contributed by atoms with Crippen LogP contribution in [0.25, 0.3) is 0 Å². The summed E-state index contributed by atoms with van der Waals surface area (Å²) in [7, 11) is 0. The van der Waals surface area contributed by atoms with Gasteiger partial charge in [0.2, 0.25) is 0 Å². The number of aromatic nitrogens is 1. The zero-order valence-electron chi connectivity index (χ0n) is 6.67. The summed E-state index contributed by atoms with van der Waals surface area (Å²) in [6.45, 7) is 0.449. The number of Topliss-reactive ketones (excluding diaryl/α,β-unsaturated/α-hetero) is 1. The van der Waals surface area contributed by atoms with Gasteiger partial charge in [-0.2, -0.15) is 0 Å². The molecule has 0 saturated heterocycles. The van der Waals surface area contributed by atoms with Crippen LogP contribution in [0.1, 0.15) is 33.2 Å². The van der Waals surface area contributed by atoms with Crippen LogP contribution in [-0.4, -0.2) is 10.8 Å². The number of carbonyl (C=O) groups is 1. The zero-order valence-corrected chi connectivity index (χ0v) is 7.49. The van der Waals surface area contributed by atoms with Crippen LogP contribution < -0.4 is 5.73 Å². The van der Waals surface area contributed by atoms with E-state index in [0.717, 1.165) is 28.4 Å². The van der Waals surface area contributed by atoms with E-state index in [1.54, 1.807) is 0 Å². The fourth-order valence-corrected chi connectivity index (χ4v) is 2.36. The molecule has 3 nitrogen and oxygen atoms in total. The van der Waals surface area contributed by atoms with Crippen molar-refractivity contribution in [1.82, 2.24) is 4.98 Å². The molecule has 2 N–H and O–H groups in total. The van der Waals surface area contributed by atoms with Crippen LogP contribution in [0.3, 0.4) is 0 Å². The lowest BCUT2D eigenvalue weighted by molar-refractivity contribution is 0.0976. The second-order valence-electron chi connectivity index (χ2n) is 2.86. The highest BCUT2D eigenvalue weighted by Crippen LogP contribution is 2.26. The first-order valence-corrected chi connectivity index (χ1v) is 4.84. The van der Waals surface area contributed by atoms with Crippen LogP contribution in [0.4, 0.5) is 0 Å². The molecule has 0 aromatic carbocycles. The molecule has 0 amide bonds. The van der Waals surface area contributed by atoms with Crippen LogP contribution in [0.5, 0.6) is 0 Å². The first kappa shape index (κ1) is 7.89. The topological polar surface area (TPSA) is 56.0 Å². The minimum atomic E-state index is 0.244. The largest absolute Gasteiger partial charge is 0.325 e. The third-order valence-electron chi connectivity index (χ3n) is 1.99. The third kappa shape index (κ3) is 1.17. The first-order valence-electron chi connectivity index (χ1n) is 4.03. The normalized spacial score (nSPS) is 16.2. The van der Waals surface area contributed by atoms with Crippen molar-refractivity contribution in [2.24, 2.45) is 5.73 Å². The molecule has 0 bridgehead atoms. The molecule has 12 heavy (non-hydrogen) atoms. The van der Waals surface area contributed by atoms with E-state index in [9.17, 15) is 4.79 Å². The van der Waals surface area contributed by atoms with Crippen LogP contribution in [0.15, 0.2) is 0 Å². The summed E-state index contributed by atoms with van der Waals surface area (Å²) in [4.78, 5) is 16.5. The SMILES string of the molecule is NCc1nc2c(s1)C(=O)CCC2. The average molecular weight is 182 g/mol. The van der Waals surface area contributed by atoms with E-state index in [2.05, 4.69) is 4.98 Å². The Morgan fingerprint density at radius 2 is 2.33 bits per heavy atom. The molecule has 1 aromatic rings. The summed E-state index contributed by atoms with van der Waals surface area (Å²) in [5, 5.41) is 0.884. The van der Waals surface area contributed by atoms with Gasteiger partial charge in [-0.15, -0.1) is 11.3 Å². The van der Waals surface area contributed by atoms with Gasteiger partial charge in [0, 0.05) is 13.0 Å². The highest BCUT2D eigenvalue weighted by molar-refractivity contribution is 7.13. The Morgan fingerprint density at radius 3 is 3.00 bits per heavy atom. The molecule has 4 heteroatoms. The molecule has 0 unspecified atom stereocenters. The Hall–Kier alpha value is -0.740. The Labute approximate surface area is 74.6 Å². The van der Waals surface area contributed by atoms with Crippen LogP contribution in [0.2, 0.25) is 0 Å². The predicted molar refractivity (Wildman–Crippen MR) is 47.3 cm³/mol. The Kier molecular flexibility index (Phi) is 1.94. The van der Waals surface area contributed by atoms with E-state index in [4.69, 9.17) is 5.73 Å². The average Bonchev–Trinajstić information content (AvgIpc) is 2.49. The molecule has 0 fully saturated rings. The second kappa shape index (κ2) is 2.95. The summed E-state index contributed by atoms with van der Waals surface area (Å²) in [6.07, 6.45) is 2.57. The fraction of sp³-hybridized carbons (Fsp3) is 0.500. The maximum atomic E-state index is 11.3. The van der Waals surface area contributed by atoms with E-state index in [1.165, 1.54) is 11.3 Å². The van der Waals surface area contributed by atoms with Crippen LogP contribution in [0, 0.1) is 0 Å². The van der Waals surface area contributed by atoms with E-state index in [1.807, 2.05) is 0 Å². The molecular formula is C8H10N2OS. The van der Waals surface area contributed by atoms with E-state index < -0.39 is 0 Å². The molecule has 0 aliphatic heterocycles. The molecular weight excluding hydrogens is 172 g/mol. The standard InChI is InChI=1S/C8H10N2OS/c9-4-7-10-5-2-1-3-6(11)8(5)12-7/h1-4,9H2. The van der Waals surface area contributed by atoms with Gasteiger partial charge in [0.05, 0.1) is 10.6 Å². The van der Waals surface area contributed by atoms with E-state index >= 15 is 0 Å². The molecule has 0 radical (unpaired) electrons. The Bertz CT molecular complexity index is 319. The maximum absolute atomic E-state index is 11.3. The van der Waals surface area contributed by atoms with Crippen LogP contribution in [-0.2, 0) is 13.0 Å². The molecule has 64 valence electrons. The van der Waals surface area contributed by atoms with Gasteiger partial charge >= 0.3 is 0 Å². The van der Waals surface area contributed by atoms with Crippen molar-refractivity contribution < 1.29 is 4.79 Å². The van der Waals surface area contributed by atoms with Crippen molar-refractivity contribution >= 4 is 17.1 Å². The Morgan fingerprint density at radius 1 is 1.50 bits per heavy atom. The molecule has 2 rings (SSSR count). The number of hydrogen-bond donors (Lipinski definition) is 1. The summed E-state index contributed by atoms with van der Waals surface area (Å²) >= 11 is 1.46. The smallest absolute Gasteiger partial charge is 0.174 e. The summed E-state index contributed by atoms with van der Waals surface area (Å²) in [5.74, 6) is 0.244. The number of fused-ring (bicyclic) bond motifs is 1. The lowest BCUT2D eigenvalue weighted by Gasteiger charge is -2.06. The lowest BCUT2D eigenvalue weighted by Crippen LogP contribution is -2.07. The fourth-order valence-electron chi connectivity index (χ4n) is 1.41. The monoisotopic (exact) mass is 182 g/mol. The molecule has 0 saturated carbocycles. The minimum absolute atomic E-state index is 0.244. The first-order chi connectivity index (χ1) is 5.81. The number of thiazole rings is 1. The van der Waals surface area contributed by atoms with E-state index in [-0.39, 0.29) is 5.78 Å². The minimum Gasteiger partial charge on any atom is -0.325 e. The van der Waals surface area contributed by atoms with Gasteiger partial charge in [0.1, 0.15) is 5.01 Å². The zero-order chi connectivity index (χ0) is 8.55. The van der Waals surface area contributed by atoms with Gasteiger partial charge in [-0.3, -0.25) is 4.79 Å². The summed E-state index contributed by atoms with van der Waals surface area (Å²) in [5.41, 5.74) is 6.41. The van der Waals surface area contributed by atoms with Crippen molar-refractivity contribution in [3.63, 3.8) is 0 Å². The van der Waals surface area contributed by atoms with Gasteiger partial charge in [-0.05, 0) is 12.8 Å². The predicted octanol–water partition coefficient (Wildman–Crippen LogP) is 1.12. The quantitative estimate of drug-likeness (QED) is 0.708. The summed E-state index contributed by atoms with van der Waals surface area (Å²) in [6, 6.07) is 0. The third-order valence-corrected chi connectivity index (χ3v) is 3.15. The number of ketones is 1. The van der Waals surface area contributed by atoms with Crippen molar-refractivity contribution in [3.05, 3.63) is 15.6 Å². The molecule has 1 heterocycles. The number of nitrogens with zero attached hydrogens (tertiary/aromatic N) is 1. The molecule has 1 aromatic heterocycles. The highest BCUT2D eigenvalue weighted by atomic mass is 32.1. The van der Waals surface area contributed by atoms with Gasteiger partial charge in [0.25, 0.3) is 0 Å². The molecule has 0 spiro atoms. The lowest BCUT2D eigenvalue weighted by atomic mass is 10.0. The number of rotatable bonds is 1. The molecule has 1 aliphatic carbocycles. The van der Waals surface area contributed by atoms with Gasteiger partial charge in [0.15, 0.2) is 5.78 Å². The highest BCUT2D eigenvalue weighted by Gasteiger charge is 2.21.